The zero-order valence-electron chi connectivity index (χ0n) is 15.8. The Bertz CT molecular complexity index is 875. The molecule has 0 N–H and O–H groups in total. The molecule has 0 fully saturated rings. The van der Waals surface area contributed by atoms with Crippen LogP contribution in [0.3, 0.4) is 0 Å². The van der Waals surface area contributed by atoms with E-state index in [4.69, 9.17) is 9.47 Å². The number of ether oxygens (including phenoxy) is 2. The molecule has 0 aliphatic rings. The molecule has 0 amide bonds. The maximum atomic E-state index is 11.7. The second kappa shape index (κ2) is 9.29. The van der Waals surface area contributed by atoms with E-state index in [1.807, 2.05) is 42.5 Å². The fourth-order valence-electron chi connectivity index (χ4n) is 2.89. The van der Waals surface area contributed by atoms with Crippen molar-refractivity contribution in [2.24, 2.45) is 0 Å². The van der Waals surface area contributed by atoms with Gasteiger partial charge in [0.15, 0.2) is 0 Å². The highest BCUT2D eigenvalue weighted by molar-refractivity contribution is 7.72. The fourth-order valence-corrected chi connectivity index (χ4v) is 5.15. The van der Waals surface area contributed by atoms with Gasteiger partial charge in [0.25, 0.3) is 0 Å². The zero-order chi connectivity index (χ0) is 19.9. The average molecular weight is 392 g/mol. The Kier molecular flexibility index (Phi) is 6.57. The molecule has 142 valence electrons. The first-order valence-electron chi connectivity index (χ1n) is 8.80. The molecule has 0 unspecified atom stereocenters. The van der Waals surface area contributed by atoms with Crippen LogP contribution in [0.4, 0.5) is 0 Å². The number of hydrogen-bond donors (Lipinski definition) is 0. The van der Waals surface area contributed by atoms with Crippen LogP contribution in [-0.2, 0) is 15.6 Å². The summed E-state index contributed by atoms with van der Waals surface area (Å²) in [6.45, 7) is 0. The van der Waals surface area contributed by atoms with Crippen molar-refractivity contribution in [3.63, 3.8) is 0 Å². The molecule has 0 bridgehead atoms. The minimum Gasteiger partial charge on any atom is -0.465 e. The van der Waals surface area contributed by atoms with Crippen molar-refractivity contribution in [1.29, 1.82) is 0 Å². The normalized spacial score (nSPS) is 10.5. The molecule has 3 aromatic rings. The van der Waals surface area contributed by atoms with Crippen molar-refractivity contribution in [2.75, 3.05) is 14.2 Å². The topological polar surface area (TPSA) is 52.6 Å². The predicted octanol–water partition coefficient (Wildman–Crippen LogP) is 3.89. The second-order valence-electron chi connectivity index (χ2n) is 6.15. The molecule has 28 heavy (non-hydrogen) atoms. The lowest BCUT2D eigenvalue weighted by molar-refractivity contribution is 0.0592. The van der Waals surface area contributed by atoms with Gasteiger partial charge in [-0.05, 0) is 48.4 Å². The van der Waals surface area contributed by atoms with Gasteiger partial charge in [0.2, 0.25) is 0 Å². The molecule has 3 rings (SSSR count). The first kappa shape index (κ1) is 19.8. The van der Waals surface area contributed by atoms with Crippen LogP contribution in [0.1, 0.15) is 26.3 Å². The molecule has 0 aliphatic carbocycles. The maximum absolute atomic E-state index is 11.7. The highest BCUT2D eigenvalue weighted by Crippen LogP contribution is 2.38. The van der Waals surface area contributed by atoms with Crippen LogP contribution in [-0.4, -0.2) is 26.2 Å². The van der Waals surface area contributed by atoms with Crippen LogP contribution in [0.5, 0.6) is 0 Å². The van der Waals surface area contributed by atoms with Gasteiger partial charge in [0.05, 0.1) is 25.3 Å². The third-order valence-corrected chi connectivity index (χ3v) is 6.91. The summed E-state index contributed by atoms with van der Waals surface area (Å²) in [5.74, 6) is -0.692. The van der Waals surface area contributed by atoms with Crippen LogP contribution in [0, 0.1) is 0 Å². The Morgan fingerprint density at radius 1 is 0.679 bits per heavy atom. The van der Waals surface area contributed by atoms with Crippen molar-refractivity contribution in [3.05, 3.63) is 95.6 Å². The first-order valence-corrected chi connectivity index (χ1v) is 10.3. The van der Waals surface area contributed by atoms with Gasteiger partial charge >= 0.3 is 11.9 Å². The fraction of sp³-hybridized carbons (Fsp3) is 0.130. The van der Waals surface area contributed by atoms with E-state index in [1.165, 1.54) is 19.8 Å². The molecule has 0 radical (unpaired) electrons. The first-order chi connectivity index (χ1) is 13.6. The van der Waals surface area contributed by atoms with Crippen LogP contribution < -0.4 is 10.6 Å². The SMILES string of the molecule is COC(=O)c1ccc(P(Cc2ccccc2)c2ccc(C(=O)OC)cc2)cc1. The molecule has 4 nitrogen and oxygen atoms in total. The molecule has 0 aliphatic heterocycles. The molecule has 0 spiro atoms. The lowest BCUT2D eigenvalue weighted by atomic mass is 10.2. The largest absolute Gasteiger partial charge is 0.465 e. The Labute approximate surface area is 165 Å². The zero-order valence-corrected chi connectivity index (χ0v) is 16.7. The van der Waals surface area contributed by atoms with Gasteiger partial charge in [-0.2, -0.15) is 0 Å². The molecule has 0 heterocycles. The van der Waals surface area contributed by atoms with Crippen molar-refractivity contribution < 1.29 is 19.1 Å². The summed E-state index contributed by atoms with van der Waals surface area (Å²) in [5.41, 5.74) is 2.30. The second-order valence-corrected chi connectivity index (χ2v) is 8.35. The molecular formula is C23H21O4P. The summed E-state index contributed by atoms with van der Waals surface area (Å²) in [4.78, 5) is 23.4. The molecule has 5 heteroatoms. The van der Waals surface area contributed by atoms with Crippen LogP contribution in [0.25, 0.3) is 0 Å². The Balaban J connectivity index is 1.95. The number of rotatable bonds is 6. The van der Waals surface area contributed by atoms with E-state index in [2.05, 4.69) is 12.1 Å². The lowest BCUT2D eigenvalue weighted by Gasteiger charge is -2.19. The van der Waals surface area contributed by atoms with E-state index >= 15 is 0 Å². The molecule has 0 atom stereocenters. The van der Waals surface area contributed by atoms with E-state index in [1.54, 1.807) is 24.3 Å². The summed E-state index contributed by atoms with van der Waals surface area (Å²) in [6.07, 6.45) is 0.866. The summed E-state index contributed by atoms with van der Waals surface area (Å²) in [7, 11) is 2.05. The Morgan fingerprint density at radius 3 is 1.50 bits per heavy atom. The van der Waals surface area contributed by atoms with Crippen molar-refractivity contribution in [3.8, 4) is 0 Å². The lowest BCUT2D eigenvalue weighted by Crippen LogP contribution is -2.15. The van der Waals surface area contributed by atoms with E-state index in [9.17, 15) is 9.59 Å². The Morgan fingerprint density at radius 2 is 1.11 bits per heavy atom. The third kappa shape index (κ3) is 4.65. The van der Waals surface area contributed by atoms with Crippen LogP contribution in [0.15, 0.2) is 78.9 Å². The van der Waals surface area contributed by atoms with Gasteiger partial charge in [-0.25, -0.2) is 9.59 Å². The summed E-state index contributed by atoms with van der Waals surface area (Å²) >= 11 is 0. The minimum atomic E-state index is -0.703. The molecule has 0 saturated heterocycles. The van der Waals surface area contributed by atoms with Crippen molar-refractivity contribution in [1.82, 2.24) is 0 Å². The van der Waals surface area contributed by atoms with Gasteiger partial charge < -0.3 is 9.47 Å². The van der Waals surface area contributed by atoms with E-state index < -0.39 is 7.92 Å². The number of hydrogen-bond acceptors (Lipinski definition) is 4. The monoisotopic (exact) mass is 392 g/mol. The van der Waals surface area contributed by atoms with Crippen LogP contribution in [0.2, 0.25) is 0 Å². The number of benzene rings is 3. The van der Waals surface area contributed by atoms with Gasteiger partial charge in [0, 0.05) is 6.16 Å². The summed E-state index contributed by atoms with van der Waals surface area (Å²) < 4.78 is 9.57. The number of methoxy groups -OCH3 is 2. The van der Waals surface area contributed by atoms with Gasteiger partial charge in [-0.15, -0.1) is 0 Å². The Hall–Kier alpha value is -2.97. The molecular weight excluding hydrogens is 371 g/mol. The van der Waals surface area contributed by atoms with E-state index in [-0.39, 0.29) is 11.9 Å². The van der Waals surface area contributed by atoms with E-state index in [0.717, 1.165) is 16.8 Å². The average Bonchev–Trinajstić information content (AvgIpc) is 2.77. The minimum absolute atomic E-state index is 0.346. The number of carbonyl (C=O) groups excluding carboxylic acids is 2. The van der Waals surface area contributed by atoms with Gasteiger partial charge in [-0.1, -0.05) is 54.6 Å². The number of carbonyl (C=O) groups is 2. The summed E-state index contributed by atoms with van der Waals surface area (Å²) in [6, 6.07) is 25.4. The summed E-state index contributed by atoms with van der Waals surface area (Å²) in [5, 5.41) is 2.30. The smallest absolute Gasteiger partial charge is 0.337 e. The third-order valence-electron chi connectivity index (χ3n) is 4.38. The predicted molar refractivity (Wildman–Crippen MR) is 112 cm³/mol. The molecule has 3 aromatic carbocycles. The molecule has 0 saturated carbocycles. The maximum Gasteiger partial charge on any atom is 0.337 e. The standard InChI is InChI=1S/C23H21O4P/c1-26-22(24)18-8-12-20(13-9-18)28(16-17-6-4-3-5-7-17)21-14-10-19(11-15-21)23(25)27-2/h3-15H,16H2,1-2H3. The van der Waals surface area contributed by atoms with Crippen molar-refractivity contribution >= 4 is 30.5 Å². The molecule has 0 aromatic heterocycles. The van der Waals surface area contributed by atoms with E-state index in [0.29, 0.717) is 11.1 Å². The number of esters is 2. The highest BCUT2D eigenvalue weighted by Gasteiger charge is 2.17. The van der Waals surface area contributed by atoms with Crippen LogP contribution >= 0.6 is 7.92 Å². The highest BCUT2D eigenvalue weighted by atomic mass is 31.1. The quantitative estimate of drug-likeness (QED) is 0.472. The van der Waals surface area contributed by atoms with Crippen molar-refractivity contribution in [2.45, 2.75) is 6.16 Å². The van der Waals surface area contributed by atoms with Gasteiger partial charge in [-0.3, -0.25) is 0 Å². The van der Waals surface area contributed by atoms with Gasteiger partial charge in [0.1, 0.15) is 0 Å².